The third-order valence-electron chi connectivity index (χ3n) is 4.90. The van der Waals surface area contributed by atoms with Crippen molar-refractivity contribution in [3.8, 4) is 17.0 Å². The van der Waals surface area contributed by atoms with E-state index in [9.17, 15) is 0 Å². The van der Waals surface area contributed by atoms with Crippen molar-refractivity contribution in [2.45, 2.75) is 0 Å². The van der Waals surface area contributed by atoms with Crippen LogP contribution in [0.15, 0.2) is 84.1 Å². The second-order valence-corrected chi connectivity index (χ2v) is 6.93. The average Bonchev–Trinajstić information content (AvgIpc) is 2.83. The number of benzene rings is 2. The van der Waals surface area contributed by atoms with Crippen molar-refractivity contribution in [3.05, 3.63) is 84.4 Å². The molecule has 0 spiro atoms. The molecule has 3 heterocycles. The van der Waals surface area contributed by atoms with Crippen molar-refractivity contribution >= 4 is 22.5 Å². The molecule has 0 amide bonds. The van der Waals surface area contributed by atoms with Crippen LogP contribution in [0.25, 0.3) is 28.1 Å². The van der Waals surface area contributed by atoms with Crippen molar-refractivity contribution in [1.29, 1.82) is 0 Å². The van der Waals surface area contributed by atoms with Crippen molar-refractivity contribution in [3.63, 3.8) is 0 Å². The fraction of sp³-hybridized carbons (Fsp3) is 0.0870. The van der Waals surface area contributed by atoms with Gasteiger partial charge in [0.25, 0.3) is 5.65 Å². The topological polar surface area (TPSA) is 81.3 Å². The molecule has 0 atom stereocenters. The van der Waals surface area contributed by atoms with Crippen LogP contribution in [0.5, 0.6) is 5.75 Å². The summed E-state index contributed by atoms with van der Waals surface area (Å²) in [4.78, 5) is 4.75. The molecule has 2 aromatic carbocycles. The number of anilines is 1. The minimum atomic E-state index is 0.612. The zero-order chi connectivity index (χ0) is 21.2. The highest BCUT2D eigenvalue weighted by Gasteiger charge is 2.18. The summed E-state index contributed by atoms with van der Waals surface area (Å²) >= 11 is 0. The average molecular weight is 410 g/mol. The molecule has 8 heteroatoms. The molecule has 5 rings (SSSR count). The molecule has 0 bridgehead atoms. The molecular weight excluding hydrogens is 390 g/mol. The first-order valence-electron chi connectivity index (χ1n) is 9.78. The minimum Gasteiger partial charge on any atom is -0.497 e. The van der Waals surface area contributed by atoms with Crippen molar-refractivity contribution in [1.82, 2.24) is 19.9 Å². The Bertz CT molecular complexity index is 1440. The van der Waals surface area contributed by atoms with Crippen molar-refractivity contribution in [2.24, 2.45) is 12.1 Å². The van der Waals surface area contributed by atoms with E-state index in [1.807, 2.05) is 86.0 Å². The van der Waals surface area contributed by atoms with Gasteiger partial charge in [-0.25, -0.2) is 4.68 Å². The summed E-state index contributed by atoms with van der Waals surface area (Å²) in [5, 5.41) is 14.9. The highest BCUT2D eigenvalue weighted by Crippen LogP contribution is 2.17. The van der Waals surface area contributed by atoms with Gasteiger partial charge < -0.3 is 4.74 Å². The molecule has 0 saturated heterocycles. The van der Waals surface area contributed by atoms with Crippen molar-refractivity contribution < 1.29 is 9.25 Å². The number of hydrogen-bond acceptors (Lipinski definition) is 6. The maximum absolute atomic E-state index is 5.23. The zero-order valence-corrected chi connectivity index (χ0v) is 17.1. The second-order valence-electron chi connectivity index (χ2n) is 6.93. The van der Waals surface area contributed by atoms with Crippen LogP contribution >= 0.6 is 0 Å². The Balaban J connectivity index is 1.77. The maximum atomic E-state index is 5.23. The van der Waals surface area contributed by atoms with Crippen LogP contribution < -0.4 is 20.0 Å². The van der Waals surface area contributed by atoms with Crippen LogP contribution in [0.2, 0.25) is 0 Å². The molecule has 1 N–H and O–H groups in total. The Hall–Kier alpha value is -4.33. The number of hydrogen-bond donors (Lipinski definition) is 1. The molecule has 31 heavy (non-hydrogen) atoms. The smallest absolute Gasteiger partial charge is 0.350 e. The second kappa shape index (κ2) is 7.83. The first kappa shape index (κ1) is 18.7. The summed E-state index contributed by atoms with van der Waals surface area (Å²) in [7, 11) is 3.50. The van der Waals surface area contributed by atoms with E-state index in [-0.39, 0.29) is 0 Å². The Morgan fingerprint density at radius 2 is 1.74 bits per heavy atom. The van der Waals surface area contributed by atoms with E-state index in [2.05, 4.69) is 5.43 Å². The Morgan fingerprint density at radius 3 is 2.52 bits per heavy atom. The molecule has 3 aromatic heterocycles. The first-order valence-corrected chi connectivity index (χ1v) is 9.78. The summed E-state index contributed by atoms with van der Waals surface area (Å²) < 4.78 is 8.71. The largest absolute Gasteiger partial charge is 0.497 e. The van der Waals surface area contributed by atoms with Gasteiger partial charge in [-0.15, -0.1) is 4.52 Å². The normalized spacial score (nSPS) is 11.7. The molecule has 0 saturated carbocycles. The Kier molecular flexibility index (Phi) is 4.72. The van der Waals surface area contributed by atoms with E-state index < -0.39 is 0 Å². The lowest BCUT2D eigenvalue weighted by atomic mass is 10.1. The van der Waals surface area contributed by atoms with Gasteiger partial charge in [-0.05, 0) is 35.3 Å². The van der Waals surface area contributed by atoms with E-state index in [0.29, 0.717) is 22.2 Å². The summed E-state index contributed by atoms with van der Waals surface area (Å²) in [6.45, 7) is 0. The summed E-state index contributed by atoms with van der Waals surface area (Å²) in [6.07, 6.45) is 1.87. The van der Waals surface area contributed by atoms with Crippen molar-refractivity contribution in [2.75, 3.05) is 12.5 Å². The summed E-state index contributed by atoms with van der Waals surface area (Å²) in [5.41, 5.74) is 7.61. The number of nitrogens with zero attached hydrogens (tertiary/aromatic N) is 6. The van der Waals surface area contributed by atoms with Gasteiger partial charge in [0.1, 0.15) is 23.0 Å². The molecule has 5 aromatic rings. The molecule has 0 aliphatic carbocycles. The number of rotatable bonds is 4. The van der Waals surface area contributed by atoms with E-state index in [1.54, 1.807) is 16.3 Å². The number of methoxy groups -OCH3 is 1. The maximum Gasteiger partial charge on any atom is 0.350 e. The van der Waals surface area contributed by atoms with E-state index >= 15 is 0 Å². The summed E-state index contributed by atoms with van der Waals surface area (Å²) in [5.74, 6) is 0.781. The highest BCUT2D eigenvalue weighted by molar-refractivity contribution is 5.75. The fourth-order valence-electron chi connectivity index (χ4n) is 3.33. The number of pyridine rings is 1. The predicted octanol–water partition coefficient (Wildman–Crippen LogP) is 2.71. The third kappa shape index (κ3) is 3.55. The van der Waals surface area contributed by atoms with E-state index in [0.717, 1.165) is 22.6 Å². The predicted molar refractivity (Wildman–Crippen MR) is 117 cm³/mol. The molecule has 152 valence electrons. The van der Waals surface area contributed by atoms with Crippen LogP contribution in [-0.2, 0) is 7.05 Å². The van der Waals surface area contributed by atoms with Crippen LogP contribution in [0, 0.1) is 0 Å². The van der Waals surface area contributed by atoms with Gasteiger partial charge in [-0.3, -0.25) is 5.43 Å². The monoisotopic (exact) mass is 410 g/mol. The van der Waals surface area contributed by atoms with Crippen LogP contribution in [0.1, 0.15) is 0 Å². The molecule has 0 aliphatic rings. The SMILES string of the molecule is COc1ccc(N/N=c2/c(-c3ccccc3)nn(C)c3nc4cccc[n+]4nc23)cc1. The molecule has 0 aliphatic heterocycles. The zero-order valence-electron chi connectivity index (χ0n) is 17.1. The Labute approximate surface area is 178 Å². The number of aryl methyl sites for hydroxylation is 1. The van der Waals surface area contributed by atoms with Crippen LogP contribution in [-0.4, -0.2) is 27.0 Å². The molecular formula is C23H20N7O+. The van der Waals surface area contributed by atoms with Gasteiger partial charge in [0.2, 0.25) is 5.52 Å². The van der Waals surface area contributed by atoms with E-state index in [4.69, 9.17) is 25.0 Å². The summed E-state index contributed by atoms with van der Waals surface area (Å²) in [6, 6.07) is 23.2. The lowest BCUT2D eigenvalue weighted by Crippen LogP contribution is -2.31. The molecule has 8 nitrogen and oxygen atoms in total. The van der Waals surface area contributed by atoms with Gasteiger partial charge in [-0.2, -0.15) is 10.2 Å². The van der Waals surface area contributed by atoms with Gasteiger partial charge in [0, 0.05) is 18.7 Å². The number of nitrogens with one attached hydrogen (secondary N) is 1. The lowest BCUT2D eigenvalue weighted by molar-refractivity contribution is -0.580. The van der Waals surface area contributed by atoms with Crippen LogP contribution in [0.4, 0.5) is 5.69 Å². The highest BCUT2D eigenvalue weighted by atomic mass is 16.5. The molecule has 0 unspecified atom stereocenters. The quantitative estimate of drug-likeness (QED) is 0.280. The molecule has 0 radical (unpaired) electrons. The van der Waals surface area contributed by atoms with Gasteiger partial charge in [0.15, 0.2) is 0 Å². The first-order chi connectivity index (χ1) is 15.2. The minimum absolute atomic E-state index is 0.612. The standard InChI is InChI=1S/C23H20N7O/c1-29-23-22(28-30-15-7-6-10-19(30)24-23)21(20(27-29)16-8-4-3-5-9-16)26-25-17-11-13-18(31-2)14-12-17/h3-15,25H,1-2H3/q+1/b26-21-. The number of ether oxygens (including phenoxy) is 1. The van der Waals surface area contributed by atoms with Gasteiger partial charge >= 0.3 is 5.65 Å². The van der Waals surface area contributed by atoms with E-state index in [1.165, 1.54) is 0 Å². The Morgan fingerprint density at radius 1 is 0.968 bits per heavy atom. The third-order valence-corrected chi connectivity index (χ3v) is 4.90. The molecule has 0 fully saturated rings. The van der Waals surface area contributed by atoms with Crippen LogP contribution in [0.3, 0.4) is 0 Å². The number of fused-ring (bicyclic) bond motifs is 2. The fourth-order valence-corrected chi connectivity index (χ4v) is 3.33. The lowest BCUT2D eigenvalue weighted by Gasteiger charge is -2.07. The van der Waals surface area contributed by atoms with Gasteiger partial charge in [0.05, 0.1) is 12.8 Å². The van der Waals surface area contributed by atoms with Gasteiger partial charge in [-0.1, -0.05) is 41.5 Å². The number of aromatic nitrogens is 5.